The Morgan fingerprint density at radius 1 is 1.07 bits per heavy atom. The smallest absolute Gasteiger partial charge is 0.202 e. The summed E-state index contributed by atoms with van der Waals surface area (Å²) in [6.07, 6.45) is 0.997. The van der Waals surface area contributed by atoms with Crippen molar-refractivity contribution in [1.29, 1.82) is 0 Å². The van der Waals surface area contributed by atoms with Gasteiger partial charge >= 0.3 is 0 Å². The maximum atomic E-state index is 5.65. The Bertz CT molecular complexity index is 1040. The fourth-order valence-corrected chi connectivity index (χ4v) is 4.00. The van der Waals surface area contributed by atoms with Crippen LogP contribution >= 0.6 is 12.2 Å². The van der Waals surface area contributed by atoms with Crippen molar-refractivity contribution in [2.24, 2.45) is 7.05 Å². The van der Waals surface area contributed by atoms with Crippen molar-refractivity contribution in [2.75, 3.05) is 20.8 Å². The van der Waals surface area contributed by atoms with E-state index in [9.17, 15) is 0 Å². The first-order valence-corrected chi connectivity index (χ1v) is 9.78. The van der Waals surface area contributed by atoms with Gasteiger partial charge in [0.15, 0.2) is 24.0 Å². The summed E-state index contributed by atoms with van der Waals surface area (Å²) in [6, 6.07) is 14.4. The molecule has 1 aromatic heterocycles. The van der Waals surface area contributed by atoms with E-state index in [1.807, 2.05) is 34.5 Å². The molecule has 0 aliphatic carbocycles. The molecule has 1 N–H and O–H groups in total. The van der Waals surface area contributed by atoms with Crippen LogP contribution in [0.15, 0.2) is 42.5 Å². The van der Waals surface area contributed by atoms with Crippen LogP contribution in [0.2, 0.25) is 0 Å². The van der Waals surface area contributed by atoms with Crippen LogP contribution in [0.25, 0.3) is 11.4 Å². The number of benzene rings is 2. The Balaban J connectivity index is 1.58. The Hall–Kier alpha value is -2.64. The third-order valence-electron chi connectivity index (χ3n) is 5.34. The number of aromatic nitrogens is 3. The quantitative estimate of drug-likeness (QED) is 0.671. The molecule has 4 rings (SSSR count). The molecule has 2 heterocycles. The van der Waals surface area contributed by atoms with Gasteiger partial charge in [0.25, 0.3) is 0 Å². The number of nitrogens with one attached hydrogen (secondary N) is 1. The van der Waals surface area contributed by atoms with Crippen LogP contribution in [0, 0.1) is 4.77 Å². The first-order valence-electron chi connectivity index (χ1n) is 9.37. The first-order chi connectivity index (χ1) is 13.6. The summed E-state index contributed by atoms with van der Waals surface area (Å²) in [4.78, 5) is 1.42. The van der Waals surface area contributed by atoms with Gasteiger partial charge < -0.3 is 18.9 Å². The largest absolute Gasteiger partial charge is 0.493 e. The molecule has 146 valence electrons. The van der Waals surface area contributed by atoms with Gasteiger partial charge in [0.2, 0.25) is 4.77 Å². The van der Waals surface area contributed by atoms with Gasteiger partial charge in [-0.25, -0.2) is 0 Å². The molecule has 1 aliphatic rings. The highest BCUT2D eigenvalue weighted by atomic mass is 32.1. The zero-order valence-corrected chi connectivity index (χ0v) is 17.3. The lowest BCUT2D eigenvalue weighted by molar-refractivity contribution is -0.939. The molecule has 0 radical (unpaired) electrons. The summed E-state index contributed by atoms with van der Waals surface area (Å²) < 4.78 is 15.6. The standard InChI is InChI=1S/C21H24N4O2S/c1-23-20(15-7-5-4-6-8-15)22-25(21(23)28)14-24-10-9-16-11-18(26-2)19(27-3)12-17(16)13-24/h4-8,11-12H,9-10,13-14H2,1-3H3/p+1. The lowest BCUT2D eigenvalue weighted by Crippen LogP contribution is -3.11. The zero-order chi connectivity index (χ0) is 19.7. The number of rotatable bonds is 5. The molecule has 0 amide bonds. The topological polar surface area (TPSA) is 45.6 Å². The second-order valence-electron chi connectivity index (χ2n) is 7.09. The van der Waals surface area contributed by atoms with Crippen LogP contribution in [-0.4, -0.2) is 35.1 Å². The zero-order valence-electron chi connectivity index (χ0n) is 16.4. The molecule has 1 atom stereocenters. The Labute approximate surface area is 169 Å². The van der Waals surface area contributed by atoms with Crippen LogP contribution in [0.5, 0.6) is 11.5 Å². The van der Waals surface area contributed by atoms with E-state index < -0.39 is 0 Å². The van der Waals surface area contributed by atoms with Gasteiger partial charge in [-0.15, -0.1) is 5.10 Å². The monoisotopic (exact) mass is 397 g/mol. The lowest BCUT2D eigenvalue weighted by atomic mass is 9.99. The Morgan fingerprint density at radius 2 is 1.75 bits per heavy atom. The predicted molar refractivity (Wildman–Crippen MR) is 110 cm³/mol. The van der Waals surface area contributed by atoms with Crippen LogP contribution in [0.3, 0.4) is 0 Å². The third kappa shape index (κ3) is 3.43. The predicted octanol–water partition coefficient (Wildman–Crippen LogP) is 2.23. The number of quaternary nitrogens is 1. The Kier molecular flexibility index (Phi) is 5.19. The van der Waals surface area contributed by atoms with Crippen LogP contribution in [0.4, 0.5) is 0 Å². The number of methoxy groups -OCH3 is 2. The van der Waals surface area contributed by atoms with Crippen molar-refractivity contribution >= 4 is 12.2 Å². The molecule has 0 saturated carbocycles. The van der Waals surface area contributed by atoms with Gasteiger partial charge in [0, 0.05) is 24.6 Å². The summed E-state index contributed by atoms with van der Waals surface area (Å²) in [5, 5.41) is 4.80. The molecule has 28 heavy (non-hydrogen) atoms. The van der Waals surface area contributed by atoms with Crippen LogP contribution < -0.4 is 14.4 Å². The maximum Gasteiger partial charge on any atom is 0.202 e. The lowest BCUT2D eigenvalue weighted by Gasteiger charge is -2.26. The van der Waals surface area contributed by atoms with E-state index in [2.05, 4.69) is 24.3 Å². The number of ether oxygens (including phenoxy) is 2. The van der Waals surface area contributed by atoms with Gasteiger partial charge in [0.05, 0.1) is 20.8 Å². The van der Waals surface area contributed by atoms with E-state index >= 15 is 0 Å². The molecule has 2 aromatic carbocycles. The molecular formula is C21H25N4O2S+. The van der Waals surface area contributed by atoms with Gasteiger partial charge in [-0.1, -0.05) is 30.3 Å². The fraction of sp³-hybridized carbons (Fsp3) is 0.333. The molecule has 0 bridgehead atoms. The van der Waals surface area contributed by atoms with Gasteiger partial charge in [0.1, 0.15) is 6.54 Å². The third-order valence-corrected chi connectivity index (χ3v) is 5.82. The maximum absolute atomic E-state index is 5.65. The van der Waals surface area contributed by atoms with E-state index in [0.29, 0.717) is 0 Å². The van der Waals surface area contributed by atoms with E-state index in [1.165, 1.54) is 16.0 Å². The van der Waals surface area contributed by atoms with Crippen molar-refractivity contribution in [3.05, 3.63) is 58.4 Å². The van der Waals surface area contributed by atoms with E-state index in [4.69, 9.17) is 26.8 Å². The van der Waals surface area contributed by atoms with Crippen molar-refractivity contribution < 1.29 is 14.4 Å². The Morgan fingerprint density at radius 3 is 2.43 bits per heavy atom. The van der Waals surface area contributed by atoms with E-state index in [1.54, 1.807) is 14.2 Å². The summed E-state index contributed by atoms with van der Waals surface area (Å²) >= 11 is 5.65. The molecule has 1 unspecified atom stereocenters. The molecule has 0 fully saturated rings. The molecule has 7 heteroatoms. The highest BCUT2D eigenvalue weighted by Crippen LogP contribution is 2.31. The van der Waals surface area contributed by atoms with Gasteiger partial charge in [-0.3, -0.25) is 0 Å². The van der Waals surface area contributed by atoms with Crippen molar-refractivity contribution in [3.63, 3.8) is 0 Å². The molecular weight excluding hydrogens is 372 g/mol. The minimum Gasteiger partial charge on any atom is -0.493 e. The summed E-state index contributed by atoms with van der Waals surface area (Å²) in [6.45, 7) is 2.68. The molecule has 6 nitrogen and oxygen atoms in total. The number of hydrogen-bond acceptors (Lipinski definition) is 4. The molecule has 1 aliphatic heterocycles. The molecule has 0 saturated heterocycles. The molecule has 3 aromatic rings. The van der Waals surface area contributed by atoms with Crippen LogP contribution in [-0.2, 0) is 26.7 Å². The van der Waals surface area contributed by atoms with Crippen LogP contribution in [0.1, 0.15) is 11.1 Å². The summed E-state index contributed by atoms with van der Waals surface area (Å²) in [5.41, 5.74) is 3.70. The minimum atomic E-state index is 0.740. The normalized spacial score (nSPS) is 15.9. The van der Waals surface area contributed by atoms with E-state index in [-0.39, 0.29) is 0 Å². The highest BCUT2D eigenvalue weighted by molar-refractivity contribution is 7.71. The summed E-state index contributed by atoms with van der Waals surface area (Å²) in [7, 11) is 5.33. The average Bonchev–Trinajstić information content (AvgIpc) is 3.01. The average molecular weight is 398 g/mol. The second kappa shape index (κ2) is 7.77. The van der Waals surface area contributed by atoms with Crippen molar-refractivity contribution in [1.82, 2.24) is 14.3 Å². The molecule has 0 spiro atoms. The van der Waals surface area contributed by atoms with Gasteiger partial charge in [-0.05, 0) is 29.9 Å². The fourth-order valence-electron chi connectivity index (χ4n) is 3.81. The van der Waals surface area contributed by atoms with Crippen molar-refractivity contribution in [2.45, 2.75) is 19.6 Å². The first kappa shape index (κ1) is 18.7. The van der Waals surface area contributed by atoms with E-state index in [0.717, 1.165) is 53.8 Å². The number of fused-ring (bicyclic) bond motifs is 1. The number of hydrogen-bond donors (Lipinski definition) is 1. The highest BCUT2D eigenvalue weighted by Gasteiger charge is 2.23. The number of nitrogens with zero attached hydrogens (tertiary/aromatic N) is 3. The van der Waals surface area contributed by atoms with Gasteiger partial charge in [-0.2, -0.15) is 4.68 Å². The SMILES string of the molecule is COc1cc2c(cc1OC)C[NH+](Cn1nc(-c3ccccc3)n(C)c1=S)CC2. The summed E-state index contributed by atoms with van der Waals surface area (Å²) in [5.74, 6) is 2.47. The van der Waals surface area contributed by atoms with Crippen molar-refractivity contribution in [3.8, 4) is 22.9 Å². The minimum absolute atomic E-state index is 0.740. The second-order valence-corrected chi connectivity index (χ2v) is 7.46.